The molecule has 21 heavy (non-hydrogen) atoms. The lowest BCUT2D eigenvalue weighted by Crippen LogP contribution is -2.46. The Hall–Kier alpha value is -0.610. The molecule has 0 aromatic heterocycles. The van der Waals surface area contributed by atoms with E-state index in [1.807, 2.05) is 4.90 Å². The smallest absolute Gasteiger partial charge is 0.225 e. The molecule has 1 saturated carbocycles. The van der Waals surface area contributed by atoms with E-state index in [1.54, 1.807) is 0 Å². The predicted molar refractivity (Wildman–Crippen MR) is 89.1 cm³/mol. The number of hydrogen-bond acceptors (Lipinski definition) is 3. The fourth-order valence-corrected chi connectivity index (χ4v) is 3.43. The minimum Gasteiger partial charge on any atom is -0.343 e. The van der Waals surface area contributed by atoms with Gasteiger partial charge in [0, 0.05) is 25.0 Å². The van der Waals surface area contributed by atoms with Crippen LogP contribution in [0, 0.1) is 11.8 Å². The highest BCUT2D eigenvalue weighted by atomic mass is 16.2. The van der Waals surface area contributed by atoms with Gasteiger partial charge in [-0.3, -0.25) is 4.79 Å². The van der Waals surface area contributed by atoms with Crippen LogP contribution in [0.3, 0.4) is 0 Å². The number of carbonyl (C=O) groups excluding carboxylic acids is 1. The van der Waals surface area contributed by atoms with E-state index in [0.29, 0.717) is 11.8 Å². The number of nitrogens with zero attached hydrogens (tertiary/aromatic N) is 2. The zero-order chi connectivity index (χ0) is 15.8. The number of rotatable bonds is 8. The maximum atomic E-state index is 12.8. The van der Waals surface area contributed by atoms with Crippen LogP contribution in [0.15, 0.2) is 0 Å². The van der Waals surface area contributed by atoms with Crippen LogP contribution in [0.4, 0.5) is 0 Å². The molecule has 4 heteroatoms. The Labute approximate surface area is 131 Å². The van der Waals surface area contributed by atoms with E-state index in [1.165, 1.54) is 0 Å². The largest absolute Gasteiger partial charge is 0.343 e. The zero-order valence-electron chi connectivity index (χ0n) is 14.5. The molecule has 0 aliphatic heterocycles. The molecule has 124 valence electrons. The molecule has 0 spiro atoms. The lowest BCUT2D eigenvalue weighted by molar-refractivity contribution is -0.138. The van der Waals surface area contributed by atoms with Crippen LogP contribution >= 0.6 is 0 Å². The molecule has 1 aliphatic carbocycles. The molecule has 1 fully saturated rings. The molecule has 0 radical (unpaired) electrons. The first-order valence-corrected chi connectivity index (χ1v) is 8.81. The summed E-state index contributed by atoms with van der Waals surface area (Å²) >= 11 is 0. The van der Waals surface area contributed by atoms with Gasteiger partial charge in [0.25, 0.3) is 0 Å². The van der Waals surface area contributed by atoms with Gasteiger partial charge in [-0.15, -0.1) is 0 Å². The van der Waals surface area contributed by atoms with Crippen molar-refractivity contribution in [1.82, 2.24) is 9.80 Å². The van der Waals surface area contributed by atoms with Crippen molar-refractivity contribution in [3.8, 4) is 0 Å². The van der Waals surface area contributed by atoms with E-state index in [2.05, 4.69) is 32.6 Å². The molecular weight excluding hydrogens is 262 g/mol. The monoisotopic (exact) mass is 297 g/mol. The molecule has 0 saturated heterocycles. The SMILES string of the molecule is CCN(CC)CCCN(CC)C(=O)C1CCCC(N)C1C. The fourth-order valence-electron chi connectivity index (χ4n) is 3.43. The second-order valence-electron chi connectivity index (χ2n) is 6.36. The average Bonchev–Trinajstić information content (AvgIpc) is 2.50. The summed E-state index contributed by atoms with van der Waals surface area (Å²) < 4.78 is 0. The van der Waals surface area contributed by atoms with E-state index >= 15 is 0 Å². The van der Waals surface area contributed by atoms with Crippen molar-refractivity contribution in [2.45, 2.75) is 59.4 Å². The molecular formula is C17H35N3O. The molecule has 0 aromatic rings. The van der Waals surface area contributed by atoms with Gasteiger partial charge in [-0.1, -0.05) is 27.2 Å². The molecule has 1 aliphatic rings. The molecule has 2 N–H and O–H groups in total. The summed E-state index contributed by atoms with van der Waals surface area (Å²) in [7, 11) is 0. The van der Waals surface area contributed by atoms with Crippen molar-refractivity contribution >= 4 is 5.91 Å². The molecule has 0 bridgehead atoms. The Morgan fingerprint density at radius 3 is 2.33 bits per heavy atom. The molecule has 1 amide bonds. The minimum absolute atomic E-state index is 0.141. The number of amides is 1. The van der Waals surface area contributed by atoms with Crippen LogP contribution in [-0.2, 0) is 4.79 Å². The normalized spacial score (nSPS) is 26.1. The highest BCUT2D eigenvalue weighted by Gasteiger charge is 2.34. The summed E-state index contributed by atoms with van der Waals surface area (Å²) in [6.45, 7) is 13.6. The van der Waals surface area contributed by atoms with Crippen molar-refractivity contribution in [2.75, 3.05) is 32.7 Å². The Balaban J connectivity index is 2.48. The first-order valence-electron chi connectivity index (χ1n) is 8.81. The minimum atomic E-state index is 0.141. The number of carbonyl (C=O) groups is 1. The van der Waals surface area contributed by atoms with Crippen molar-refractivity contribution in [3.63, 3.8) is 0 Å². The Morgan fingerprint density at radius 1 is 1.10 bits per heavy atom. The van der Waals surface area contributed by atoms with Crippen LogP contribution in [-0.4, -0.2) is 54.5 Å². The van der Waals surface area contributed by atoms with Gasteiger partial charge in [0.15, 0.2) is 0 Å². The summed E-state index contributed by atoms with van der Waals surface area (Å²) in [5, 5.41) is 0. The van der Waals surface area contributed by atoms with Gasteiger partial charge in [-0.25, -0.2) is 0 Å². The Morgan fingerprint density at radius 2 is 1.76 bits per heavy atom. The molecule has 0 aromatic carbocycles. The Kier molecular flexibility index (Phi) is 8.27. The topological polar surface area (TPSA) is 49.6 Å². The summed E-state index contributed by atoms with van der Waals surface area (Å²) in [4.78, 5) is 17.2. The standard InChI is InChI=1S/C17H35N3O/c1-5-19(6-2)12-9-13-20(7-3)17(21)15-10-8-11-16(18)14(15)4/h14-16H,5-13,18H2,1-4H3. The van der Waals surface area contributed by atoms with Crippen LogP contribution in [0.2, 0.25) is 0 Å². The van der Waals surface area contributed by atoms with Crippen LogP contribution < -0.4 is 5.73 Å². The lowest BCUT2D eigenvalue weighted by atomic mass is 9.76. The second kappa shape index (κ2) is 9.42. The highest BCUT2D eigenvalue weighted by Crippen LogP contribution is 2.30. The van der Waals surface area contributed by atoms with Crippen molar-refractivity contribution in [3.05, 3.63) is 0 Å². The van der Waals surface area contributed by atoms with Gasteiger partial charge in [-0.05, 0) is 51.7 Å². The van der Waals surface area contributed by atoms with Gasteiger partial charge in [0.05, 0.1) is 0 Å². The average molecular weight is 297 g/mol. The number of hydrogen-bond donors (Lipinski definition) is 1. The maximum Gasteiger partial charge on any atom is 0.225 e. The van der Waals surface area contributed by atoms with E-state index < -0.39 is 0 Å². The number of nitrogens with two attached hydrogens (primary N) is 1. The molecule has 4 nitrogen and oxygen atoms in total. The zero-order valence-corrected chi connectivity index (χ0v) is 14.5. The van der Waals surface area contributed by atoms with Crippen molar-refractivity contribution in [2.24, 2.45) is 17.6 Å². The summed E-state index contributed by atoms with van der Waals surface area (Å²) in [6, 6.07) is 0.196. The predicted octanol–water partition coefficient (Wildman–Crippen LogP) is 2.33. The first-order chi connectivity index (χ1) is 10.0. The van der Waals surface area contributed by atoms with E-state index in [4.69, 9.17) is 5.73 Å². The fraction of sp³-hybridized carbons (Fsp3) is 0.941. The van der Waals surface area contributed by atoms with Gasteiger partial charge >= 0.3 is 0 Å². The Bertz CT molecular complexity index is 304. The van der Waals surface area contributed by atoms with Crippen LogP contribution in [0.1, 0.15) is 53.4 Å². The van der Waals surface area contributed by atoms with Crippen molar-refractivity contribution in [1.29, 1.82) is 0 Å². The van der Waals surface area contributed by atoms with E-state index in [9.17, 15) is 4.79 Å². The van der Waals surface area contributed by atoms with Crippen LogP contribution in [0.5, 0.6) is 0 Å². The van der Waals surface area contributed by atoms with E-state index in [0.717, 1.165) is 58.4 Å². The summed E-state index contributed by atoms with van der Waals surface area (Å²) in [6.07, 6.45) is 4.24. The molecule has 1 rings (SSSR count). The van der Waals surface area contributed by atoms with Gasteiger partial charge in [0.1, 0.15) is 0 Å². The quantitative estimate of drug-likeness (QED) is 0.748. The first kappa shape index (κ1) is 18.4. The molecule has 3 unspecified atom stereocenters. The van der Waals surface area contributed by atoms with E-state index in [-0.39, 0.29) is 12.0 Å². The summed E-state index contributed by atoms with van der Waals surface area (Å²) in [5.74, 6) is 0.796. The third kappa shape index (κ3) is 5.26. The highest BCUT2D eigenvalue weighted by molar-refractivity contribution is 5.79. The third-order valence-corrected chi connectivity index (χ3v) is 5.17. The summed E-state index contributed by atoms with van der Waals surface area (Å²) in [5.41, 5.74) is 6.15. The third-order valence-electron chi connectivity index (χ3n) is 5.17. The van der Waals surface area contributed by atoms with Crippen molar-refractivity contribution < 1.29 is 4.79 Å². The van der Waals surface area contributed by atoms with Gasteiger partial charge < -0.3 is 15.5 Å². The van der Waals surface area contributed by atoms with Gasteiger partial charge in [-0.2, -0.15) is 0 Å². The lowest BCUT2D eigenvalue weighted by Gasteiger charge is -2.36. The second-order valence-corrected chi connectivity index (χ2v) is 6.36. The maximum absolute atomic E-state index is 12.8. The van der Waals surface area contributed by atoms with Gasteiger partial charge in [0.2, 0.25) is 5.91 Å². The van der Waals surface area contributed by atoms with Crippen LogP contribution in [0.25, 0.3) is 0 Å². The molecule has 0 heterocycles. The molecule has 3 atom stereocenters.